The van der Waals surface area contributed by atoms with Gasteiger partial charge in [-0.15, -0.1) is 0 Å². The molecular formula is C26H23N5O7. The van der Waals surface area contributed by atoms with E-state index in [4.69, 9.17) is 0 Å². The van der Waals surface area contributed by atoms with Crippen molar-refractivity contribution in [1.29, 1.82) is 0 Å². The van der Waals surface area contributed by atoms with Crippen molar-refractivity contribution in [3.05, 3.63) is 89.5 Å². The highest BCUT2D eigenvalue weighted by Gasteiger charge is 2.49. The fourth-order valence-corrected chi connectivity index (χ4v) is 3.82. The van der Waals surface area contributed by atoms with E-state index < -0.39 is 35.6 Å². The van der Waals surface area contributed by atoms with Crippen LogP contribution < -0.4 is 26.6 Å². The van der Waals surface area contributed by atoms with Crippen molar-refractivity contribution in [2.24, 2.45) is 0 Å². The van der Waals surface area contributed by atoms with Gasteiger partial charge >= 0.3 is 24.0 Å². The predicted molar refractivity (Wildman–Crippen MR) is 137 cm³/mol. The van der Waals surface area contributed by atoms with Gasteiger partial charge in [-0.3, -0.25) is 4.79 Å². The average molecular weight is 517 g/mol. The molecule has 1 aliphatic rings. The number of para-hydroxylation sites is 1. The second-order valence-corrected chi connectivity index (χ2v) is 8.05. The number of amides is 5. The molecule has 1 heterocycles. The lowest BCUT2D eigenvalue weighted by atomic mass is 10.0. The van der Waals surface area contributed by atoms with Crippen molar-refractivity contribution in [1.82, 2.24) is 10.6 Å². The maximum atomic E-state index is 13.1. The van der Waals surface area contributed by atoms with Crippen LogP contribution in [0.5, 0.6) is 0 Å². The first kappa shape index (κ1) is 25.7. The van der Waals surface area contributed by atoms with Gasteiger partial charge in [0.2, 0.25) is 5.66 Å². The molecule has 3 aromatic carbocycles. The molecule has 0 saturated carbocycles. The van der Waals surface area contributed by atoms with Crippen molar-refractivity contribution < 1.29 is 33.4 Å². The van der Waals surface area contributed by atoms with Crippen LogP contribution in [-0.4, -0.2) is 44.1 Å². The molecule has 0 radical (unpaired) electrons. The molecule has 12 nitrogen and oxygen atoms in total. The van der Waals surface area contributed by atoms with Gasteiger partial charge in [-0.25, -0.2) is 19.2 Å². The van der Waals surface area contributed by atoms with Crippen LogP contribution in [0, 0.1) is 0 Å². The molecule has 0 atom stereocenters. The van der Waals surface area contributed by atoms with Gasteiger partial charge in [0.05, 0.1) is 25.3 Å². The Kier molecular flexibility index (Phi) is 7.24. The van der Waals surface area contributed by atoms with Crippen molar-refractivity contribution in [2.45, 2.75) is 5.66 Å². The first-order valence-electron chi connectivity index (χ1n) is 11.2. The van der Waals surface area contributed by atoms with E-state index in [1.807, 2.05) is 0 Å². The Labute approximate surface area is 216 Å². The Morgan fingerprint density at radius 1 is 0.684 bits per heavy atom. The van der Waals surface area contributed by atoms with E-state index in [1.165, 1.54) is 62.8 Å². The minimum atomic E-state index is -1.96. The summed E-state index contributed by atoms with van der Waals surface area (Å²) >= 11 is 0. The van der Waals surface area contributed by atoms with Gasteiger partial charge < -0.3 is 36.1 Å². The smallest absolute Gasteiger partial charge is 0.337 e. The zero-order chi connectivity index (χ0) is 27.3. The first-order chi connectivity index (χ1) is 18.3. The molecule has 5 N–H and O–H groups in total. The molecule has 0 aromatic heterocycles. The summed E-state index contributed by atoms with van der Waals surface area (Å²) in [5.74, 6) is -1.75. The van der Waals surface area contributed by atoms with Crippen molar-refractivity contribution in [3.63, 3.8) is 0 Å². The van der Waals surface area contributed by atoms with Crippen LogP contribution in [0.3, 0.4) is 0 Å². The van der Waals surface area contributed by atoms with Gasteiger partial charge in [-0.1, -0.05) is 18.2 Å². The lowest BCUT2D eigenvalue weighted by Crippen LogP contribution is -2.63. The van der Waals surface area contributed by atoms with Crippen LogP contribution in [0.25, 0.3) is 0 Å². The molecular weight excluding hydrogens is 494 g/mol. The van der Waals surface area contributed by atoms with Crippen LogP contribution >= 0.6 is 0 Å². The predicted octanol–water partition coefficient (Wildman–Crippen LogP) is 3.01. The molecule has 0 aliphatic carbocycles. The lowest BCUT2D eigenvalue weighted by Gasteiger charge is -2.30. The van der Waals surface area contributed by atoms with E-state index in [-0.39, 0.29) is 11.1 Å². The number of carbonyl (C=O) groups is 5. The summed E-state index contributed by atoms with van der Waals surface area (Å²) in [4.78, 5) is 62.3. The van der Waals surface area contributed by atoms with Crippen LogP contribution in [0.15, 0.2) is 72.8 Å². The van der Waals surface area contributed by atoms with E-state index in [9.17, 15) is 24.0 Å². The molecule has 0 fully saturated rings. The maximum Gasteiger partial charge on any atom is 0.337 e. The van der Waals surface area contributed by atoms with Gasteiger partial charge in [-0.2, -0.15) is 0 Å². The highest BCUT2D eigenvalue weighted by Crippen LogP contribution is 2.34. The Hall–Kier alpha value is -5.39. The topological polar surface area (TPSA) is 164 Å². The van der Waals surface area contributed by atoms with E-state index in [2.05, 4.69) is 36.1 Å². The molecule has 0 spiro atoms. The van der Waals surface area contributed by atoms with Crippen LogP contribution in [0.4, 0.5) is 26.7 Å². The Bertz CT molecular complexity index is 1330. The lowest BCUT2D eigenvalue weighted by molar-refractivity contribution is -0.122. The second kappa shape index (κ2) is 10.7. The van der Waals surface area contributed by atoms with Crippen LogP contribution in [0.1, 0.15) is 26.3 Å². The first-order valence-corrected chi connectivity index (χ1v) is 11.2. The third kappa shape index (κ3) is 5.23. The SMILES string of the molecule is COC(=O)c1ccc(NC(=O)NC2(NC(=O)Nc3ccc(C(=O)OC)cc3)C(=O)Nc3ccccc32)cc1. The van der Waals surface area contributed by atoms with Crippen molar-refractivity contribution in [2.75, 3.05) is 30.2 Å². The third-order valence-electron chi connectivity index (χ3n) is 5.65. The fourth-order valence-electron chi connectivity index (χ4n) is 3.82. The number of ether oxygens (including phenoxy) is 2. The van der Waals surface area contributed by atoms with Gasteiger partial charge in [0, 0.05) is 22.6 Å². The number of rotatable bonds is 6. The van der Waals surface area contributed by atoms with Gasteiger partial charge in [0.25, 0.3) is 5.91 Å². The van der Waals surface area contributed by atoms with Crippen molar-refractivity contribution in [3.8, 4) is 0 Å². The van der Waals surface area contributed by atoms with E-state index >= 15 is 0 Å². The number of methoxy groups -OCH3 is 2. The second-order valence-electron chi connectivity index (χ2n) is 8.05. The third-order valence-corrected chi connectivity index (χ3v) is 5.65. The zero-order valence-electron chi connectivity index (χ0n) is 20.3. The summed E-state index contributed by atoms with van der Waals surface area (Å²) in [7, 11) is 2.51. The number of urea groups is 2. The van der Waals surface area contributed by atoms with Crippen molar-refractivity contribution >= 4 is 47.0 Å². The standard InChI is InChI=1S/C26H23N5O7/c1-37-21(32)15-7-11-17(12-8-15)27-24(35)30-26(19-5-3-4-6-20(19)29-23(26)34)31-25(36)28-18-13-9-16(10-14-18)22(33)38-2/h3-14H,1-2H3,(H,29,34)(H2,27,30,35)(H2,28,31,36). The van der Waals surface area contributed by atoms with Gasteiger partial charge in [-0.05, 0) is 54.6 Å². The largest absolute Gasteiger partial charge is 0.465 e. The normalized spacial score (nSPS) is 12.8. The number of carbonyl (C=O) groups excluding carboxylic acids is 5. The van der Waals surface area contributed by atoms with E-state index in [0.717, 1.165) is 0 Å². The maximum absolute atomic E-state index is 13.1. The number of nitrogens with one attached hydrogen (secondary N) is 5. The molecule has 38 heavy (non-hydrogen) atoms. The number of fused-ring (bicyclic) bond motifs is 1. The minimum Gasteiger partial charge on any atom is -0.465 e. The Morgan fingerprint density at radius 3 is 1.58 bits per heavy atom. The summed E-state index contributed by atoms with van der Waals surface area (Å²) in [5, 5.41) is 12.9. The molecule has 0 saturated heterocycles. The number of anilines is 3. The molecule has 4 rings (SSSR count). The molecule has 3 aromatic rings. The zero-order valence-corrected chi connectivity index (χ0v) is 20.3. The fraction of sp³-hybridized carbons (Fsp3) is 0.115. The highest BCUT2D eigenvalue weighted by molar-refractivity contribution is 6.10. The summed E-state index contributed by atoms with van der Waals surface area (Å²) in [6.07, 6.45) is 0. The molecule has 0 bridgehead atoms. The van der Waals surface area contributed by atoms with Crippen LogP contribution in [-0.2, 0) is 19.9 Å². The van der Waals surface area contributed by atoms with Crippen LogP contribution in [0.2, 0.25) is 0 Å². The molecule has 0 unspecified atom stereocenters. The summed E-state index contributed by atoms with van der Waals surface area (Å²) in [6.45, 7) is 0. The summed E-state index contributed by atoms with van der Waals surface area (Å²) < 4.78 is 9.31. The number of esters is 2. The van der Waals surface area contributed by atoms with E-state index in [0.29, 0.717) is 22.6 Å². The number of hydrogen-bond donors (Lipinski definition) is 5. The molecule has 1 aliphatic heterocycles. The number of benzene rings is 3. The van der Waals surface area contributed by atoms with E-state index in [1.54, 1.807) is 24.3 Å². The highest BCUT2D eigenvalue weighted by atomic mass is 16.5. The molecule has 194 valence electrons. The Balaban J connectivity index is 1.54. The van der Waals surface area contributed by atoms with Gasteiger partial charge in [0.15, 0.2) is 0 Å². The summed E-state index contributed by atoms with van der Waals surface area (Å²) in [6, 6.07) is 16.8. The number of hydrogen-bond acceptors (Lipinski definition) is 7. The quantitative estimate of drug-likeness (QED) is 0.248. The molecule has 5 amide bonds. The monoisotopic (exact) mass is 517 g/mol. The molecule has 12 heteroatoms. The Morgan fingerprint density at radius 2 is 1.13 bits per heavy atom. The minimum absolute atomic E-state index is 0.289. The average Bonchev–Trinajstić information content (AvgIpc) is 3.18. The van der Waals surface area contributed by atoms with Gasteiger partial charge in [0.1, 0.15) is 0 Å². The summed E-state index contributed by atoms with van der Waals surface area (Å²) in [5.41, 5.74) is -0.00328.